The van der Waals surface area contributed by atoms with Crippen molar-refractivity contribution in [1.82, 2.24) is 5.32 Å². The molecule has 3 nitrogen and oxygen atoms in total. The average Bonchev–Trinajstić information content (AvgIpc) is 3.29. The summed E-state index contributed by atoms with van der Waals surface area (Å²) >= 11 is 6.10. The van der Waals surface area contributed by atoms with E-state index in [-0.39, 0.29) is 0 Å². The third-order valence-corrected chi connectivity index (χ3v) is 4.23. The zero-order valence-corrected chi connectivity index (χ0v) is 12.5. The summed E-state index contributed by atoms with van der Waals surface area (Å²) in [6.45, 7) is 3.35. The largest absolute Gasteiger partial charge is 0.493 e. The zero-order valence-electron chi connectivity index (χ0n) is 11.7. The summed E-state index contributed by atoms with van der Waals surface area (Å²) in [5, 5.41) is 4.29. The molecular formula is C16H22ClNO2. The molecule has 1 heterocycles. The van der Waals surface area contributed by atoms with E-state index in [4.69, 9.17) is 21.1 Å². The second kappa shape index (κ2) is 6.79. The van der Waals surface area contributed by atoms with Gasteiger partial charge in [-0.2, -0.15) is 0 Å². The zero-order chi connectivity index (χ0) is 13.8. The molecule has 2 aliphatic rings. The number of nitrogens with one attached hydrogen (secondary N) is 1. The third kappa shape index (κ3) is 4.11. The Labute approximate surface area is 125 Å². The summed E-state index contributed by atoms with van der Waals surface area (Å²) in [7, 11) is 0. The minimum atomic E-state index is 0.615. The molecule has 0 amide bonds. The molecule has 0 unspecified atom stereocenters. The van der Waals surface area contributed by atoms with E-state index in [2.05, 4.69) is 5.32 Å². The van der Waals surface area contributed by atoms with Gasteiger partial charge in [0.1, 0.15) is 5.75 Å². The molecule has 1 saturated heterocycles. The van der Waals surface area contributed by atoms with E-state index in [0.29, 0.717) is 12.0 Å². The average molecular weight is 296 g/mol. The highest BCUT2D eigenvalue weighted by molar-refractivity contribution is 6.30. The van der Waals surface area contributed by atoms with Crippen LogP contribution in [0.3, 0.4) is 0 Å². The molecule has 1 aliphatic heterocycles. The van der Waals surface area contributed by atoms with Crippen LogP contribution < -0.4 is 10.1 Å². The molecule has 20 heavy (non-hydrogen) atoms. The van der Waals surface area contributed by atoms with Gasteiger partial charge in [-0.05, 0) is 49.8 Å². The lowest BCUT2D eigenvalue weighted by Crippen LogP contribution is -2.22. The summed E-state index contributed by atoms with van der Waals surface area (Å²) in [5.74, 6) is 1.58. The fraction of sp³-hybridized carbons (Fsp3) is 0.625. The SMILES string of the molecule is Clc1ccc(OCC2CCOCC2)c(CNC2CC2)c1. The number of benzene rings is 1. The lowest BCUT2D eigenvalue weighted by molar-refractivity contribution is 0.0496. The number of rotatable bonds is 6. The highest BCUT2D eigenvalue weighted by atomic mass is 35.5. The van der Waals surface area contributed by atoms with Crippen molar-refractivity contribution in [3.8, 4) is 5.75 Å². The molecular weight excluding hydrogens is 274 g/mol. The van der Waals surface area contributed by atoms with Crippen LogP contribution in [0.5, 0.6) is 5.75 Å². The van der Waals surface area contributed by atoms with Crippen LogP contribution >= 0.6 is 11.6 Å². The lowest BCUT2D eigenvalue weighted by atomic mass is 10.0. The van der Waals surface area contributed by atoms with Crippen LogP contribution in [0.4, 0.5) is 0 Å². The van der Waals surface area contributed by atoms with Crippen LogP contribution in [-0.4, -0.2) is 25.9 Å². The maximum Gasteiger partial charge on any atom is 0.123 e. The second-order valence-electron chi connectivity index (χ2n) is 5.77. The fourth-order valence-electron chi connectivity index (χ4n) is 2.49. The smallest absolute Gasteiger partial charge is 0.123 e. The molecule has 4 heteroatoms. The molecule has 1 saturated carbocycles. The molecule has 0 atom stereocenters. The van der Waals surface area contributed by atoms with Gasteiger partial charge in [0.25, 0.3) is 0 Å². The number of hydrogen-bond acceptors (Lipinski definition) is 3. The lowest BCUT2D eigenvalue weighted by Gasteiger charge is -2.23. The van der Waals surface area contributed by atoms with Crippen molar-refractivity contribution >= 4 is 11.6 Å². The van der Waals surface area contributed by atoms with E-state index < -0.39 is 0 Å². The van der Waals surface area contributed by atoms with Crippen LogP contribution in [0.15, 0.2) is 18.2 Å². The van der Waals surface area contributed by atoms with Crippen molar-refractivity contribution in [2.45, 2.75) is 38.3 Å². The Hall–Kier alpha value is -0.770. The molecule has 1 aromatic rings. The Morgan fingerprint density at radius 3 is 2.75 bits per heavy atom. The standard InChI is InChI=1S/C16H22ClNO2/c17-14-1-4-16(13(9-14)10-18-15-2-3-15)20-11-12-5-7-19-8-6-12/h1,4,9,12,15,18H,2-3,5-8,10-11H2. The summed E-state index contributed by atoms with van der Waals surface area (Å²) in [4.78, 5) is 0. The van der Waals surface area contributed by atoms with E-state index in [0.717, 1.165) is 55.5 Å². The third-order valence-electron chi connectivity index (χ3n) is 4.00. The van der Waals surface area contributed by atoms with Crippen molar-refractivity contribution in [3.05, 3.63) is 28.8 Å². The van der Waals surface area contributed by atoms with Gasteiger partial charge >= 0.3 is 0 Å². The van der Waals surface area contributed by atoms with Gasteiger partial charge in [0.2, 0.25) is 0 Å². The Morgan fingerprint density at radius 1 is 1.20 bits per heavy atom. The van der Waals surface area contributed by atoms with E-state index in [1.165, 1.54) is 12.8 Å². The molecule has 1 N–H and O–H groups in total. The van der Waals surface area contributed by atoms with Crippen LogP contribution in [0.2, 0.25) is 5.02 Å². The van der Waals surface area contributed by atoms with E-state index >= 15 is 0 Å². The van der Waals surface area contributed by atoms with Crippen LogP contribution in [-0.2, 0) is 11.3 Å². The molecule has 0 aromatic heterocycles. The maximum atomic E-state index is 6.10. The van der Waals surface area contributed by atoms with Gasteiger partial charge in [0, 0.05) is 36.4 Å². The van der Waals surface area contributed by atoms with Crippen LogP contribution in [0.1, 0.15) is 31.2 Å². The van der Waals surface area contributed by atoms with E-state index in [9.17, 15) is 0 Å². The minimum absolute atomic E-state index is 0.615. The Balaban J connectivity index is 1.58. The molecule has 0 bridgehead atoms. The fourth-order valence-corrected chi connectivity index (χ4v) is 2.68. The molecule has 0 spiro atoms. The van der Waals surface area contributed by atoms with Gasteiger partial charge in [0.05, 0.1) is 6.61 Å². The quantitative estimate of drug-likeness (QED) is 0.872. The monoisotopic (exact) mass is 295 g/mol. The summed E-state index contributed by atoms with van der Waals surface area (Å²) < 4.78 is 11.4. The van der Waals surface area contributed by atoms with E-state index in [1.807, 2.05) is 18.2 Å². The summed E-state index contributed by atoms with van der Waals surface area (Å²) in [6.07, 6.45) is 4.78. The van der Waals surface area contributed by atoms with Crippen molar-refractivity contribution in [3.63, 3.8) is 0 Å². The van der Waals surface area contributed by atoms with Gasteiger partial charge in [-0.25, -0.2) is 0 Å². The molecule has 0 radical (unpaired) electrons. The molecule has 1 aromatic carbocycles. The van der Waals surface area contributed by atoms with E-state index in [1.54, 1.807) is 0 Å². The first-order chi connectivity index (χ1) is 9.81. The maximum absolute atomic E-state index is 6.10. The number of ether oxygens (including phenoxy) is 2. The Morgan fingerprint density at radius 2 is 2.00 bits per heavy atom. The van der Waals surface area contributed by atoms with Gasteiger partial charge in [0.15, 0.2) is 0 Å². The highest BCUT2D eigenvalue weighted by Crippen LogP contribution is 2.26. The minimum Gasteiger partial charge on any atom is -0.493 e. The normalized spacial score (nSPS) is 20.1. The first kappa shape index (κ1) is 14.2. The first-order valence-electron chi connectivity index (χ1n) is 7.53. The molecule has 110 valence electrons. The molecule has 1 aliphatic carbocycles. The number of halogens is 1. The summed E-state index contributed by atoms with van der Waals surface area (Å²) in [5.41, 5.74) is 1.16. The number of hydrogen-bond donors (Lipinski definition) is 1. The second-order valence-corrected chi connectivity index (χ2v) is 6.21. The van der Waals surface area contributed by atoms with Crippen molar-refractivity contribution in [2.24, 2.45) is 5.92 Å². The predicted molar refractivity (Wildman–Crippen MR) is 80.4 cm³/mol. The molecule has 3 rings (SSSR count). The predicted octanol–water partition coefficient (Wildman–Crippen LogP) is 3.40. The topological polar surface area (TPSA) is 30.5 Å². The van der Waals surface area contributed by atoms with Crippen molar-refractivity contribution in [2.75, 3.05) is 19.8 Å². The first-order valence-corrected chi connectivity index (χ1v) is 7.91. The van der Waals surface area contributed by atoms with Crippen molar-refractivity contribution < 1.29 is 9.47 Å². The Kier molecular flexibility index (Phi) is 4.81. The van der Waals surface area contributed by atoms with Gasteiger partial charge in [-0.1, -0.05) is 11.6 Å². The Bertz CT molecular complexity index is 442. The highest BCUT2D eigenvalue weighted by Gasteiger charge is 2.21. The van der Waals surface area contributed by atoms with Gasteiger partial charge in [-0.3, -0.25) is 0 Å². The van der Waals surface area contributed by atoms with Crippen molar-refractivity contribution in [1.29, 1.82) is 0 Å². The molecule has 2 fully saturated rings. The van der Waals surface area contributed by atoms with Gasteiger partial charge < -0.3 is 14.8 Å². The van der Waals surface area contributed by atoms with Crippen LogP contribution in [0.25, 0.3) is 0 Å². The van der Waals surface area contributed by atoms with Crippen LogP contribution in [0, 0.1) is 5.92 Å². The van der Waals surface area contributed by atoms with Gasteiger partial charge in [-0.15, -0.1) is 0 Å². The summed E-state index contributed by atoms with van der Waals surface area (Å²) in [6, 6.07) is 6.60.